The summed E-state index contributed by atoms with van der Waals surface area (Å²) in [4.78, 5) is 13.9. The molecule has 1 amide bonds. The molecule has 112 valence electrons. The van der Waals surface area contributed by atoms with Crippen LogP contribution in [0.3, 0.4) is 0 Å². The number of rotatable bonds is 6. The fraction of sp³-hybridized carbons (Fsp3) is 0.312. The van der Waals surface area contributed by atoms with E-state index in [2.05, 4.69) is 12.2 Å². The van der Waals surface area contributed by atoms with E-state index in [4.69, 9.17) is 16.0 Å². The number of benzene rings is 1. The minimum Gasteiger partial charge on any atom is -0.467 e. The van der Waals surface area contributed by atoms with Crippen LogP contribution in [0.2, 0.25) is 5.02 Å². The molecule has 0 saturated carbocycles. The van der Waals surface area contributed by atoms with Gasteiger partial charge in [0.25, 0.3) is 0 Å². The quantitative estimate of drug-likeness (QED) is 0.891. The molecular weight excluding hydrogens is 288 g/mol. The van der Waals surface area contributed by atoms with Crippen molar-refractivity contribution in [3.05, 3.63) is 59.0 Å². The number of halogens is 1. The van der Waals surface area contributed by atoms with Crippen molar-refractivity contribution in [2.45, 2.75) is 19.5 Å². The lowest BCUT2D eigenvalue weighted by atomic mass is 10.1. The van der Waals surface area contributed by atoms with E-state index in [1.165, 1.54) is 0 Å². The van der Waals surface area contributed by atoms with E-state index in [9.17, 15) is 4.79 Å². The Morgan fingerprint density at radius 1 is 1.33 bits per heavy atom. The van der Waals surface area contributed by atoms with Gasteiger partial charge in [0, 0.05) is 11.1 Å². The topological polar surface area (TPSA) is 45.5 Å². The number of hydrogen-bond donors (Lipinski definition) is 1. The van der Waals surface area contributed by atoms with Gasteiger partial charge in [0.15, 0.2) is 0 Å². The molecule has 1 unspecified atom stereocenters. The van der Waals surface area contributed by atoms with E-state index in [1.54, 1.807) is 12.3 Å². The highest BCUT2D eigenvalue weighted by molar-refractivity contribution is 6.30. The first-order valence-electron chi connectivity index (χ1n) is 6.81. The lowest BCUT2D eigenvalue weighted by Gasteiger charge is -2.24. The van der Waals surface area contributed by atoms with Crippen molar-refractivity contribution in [3.63, 3.8) is 0 Å². The van der Waals surface area contributed by atoms with Gasteiger partial charge in [-0.3, -0.25) is 9.69 Å². The molecule has 0 saturated heterocycles. The smallest absolute Gasteiger partial charge is 0.234 e. The van der Waals surface area contributed by atoms with Crippen molar-refractivity contribution < 1.29 is 9.21 Å². The molecule has 2 rings (SSSR count). The van der Waals surface area contributed by atoms with Crippen LogP contribution in [-0.2, 0) is 11.3 Å². The van der Waals surface area contributed by atoms with Gasteiger partial charge in [-0.05, 0) is 43.8 Å². The summed E-state index contributed by atoms with van der Waals surface area (Å²) in [5.41, 5.74) is 1.13. The van der Waals surface area contributed by atoms with Gasteiger partial charge in [-0.25, -0.2) is 0 Å². The maximum atomic E-state index is 11.9. The van der Waals surface area contributed by atoms with Gasteiger partial charge < -0.3 is 9.73 Å². The molecule has 2 aromatic rings. The Balaban J connectivity index is 1.83. The monoisotopic (exact) mass is 306 g/mol. The van der Waals surface area contributed by atoms with E-state index in [1.807, 2.05) is 42.3 Å². The summed E-state index contributed by atoms with van der Waals surface area (Å²) in [7, 11) is 1.92. The second-order valence-electron chi connectivity index (χ2n) is 5.00. The zero-order valence-corrected chi connectivity index (χ0v) is 12.9. The number of nitrogens with zero attached hydrogens (tertiary/aromatic N) is 1. The van der Waals surface area contributed by atoms with Gasteiger partial charge in [-0.2, -0.15) is 0 Å². The highest BCUT2D eigenvalue weighted by Gasteiger charge is 2.14. The molecule has 1 aromatic carbocycles. The Labute approximate surface area is 129 Å². The van der Waals surface area contributed by atoms with Crippen LogP contribution in [0.15, 0.2) is 47.1 Å². The summed E-state index contributed by atoms with van der Waals surface area (Å²) in [5, 5.41) is 3.55. The number of likely N-dealkylation sites (N-methyl/N-ethyl adjacent to an activating group) is 1. The summed E-state index contributed by atoms with van der Waals surface area (Å²) in [6, 6.07) is 11.4. The third-order valence-electron chi connectivity index (χ3n) is 3.45. The maximum Gasteiger partial charge on any atom is 0.234 e. The third-order valence-corrected chi connectivity index (χ3v) is 3.70. The first kappa shape index (κ1) is 15.6. The zero-order chi connectivity index (χ0) is 15.2. The Bertz CT molecular complexity index is 566. The number of furan rings is 1. The average Bonchev–Trinajstić information content (AvgIpc) is 2.98. The van der Waals surface area contributed by atoms with Crippen molar-refractivity contribution in [2.75, 3.05) is 13.6 Å². The van der Waals surface area contributed by atoms with Crippen molar-refractivity contribution in [1.29, 1.82) is 0 Å². The second kappa shape index (κ2) is 7.29. The molecule has 5 heteroatoms. The molecular formula is C16H19ClN2O2. The Kier molecular flexibility index (Phi) is 5.42. The minimum absolute atomic E-state index is 0.0327. The predicted octanol–water partition coefficient (Wildman–Crippen LogP) is 3.24. The number of nitrogens with one attached hydrogen (secondary N) is 1. The first-order valence-corrected chi connectivity index (χ1v) is 7.19. The van der Waals surface area contributed by atoms with Gasteiger partial charge >= 0.3 is 0 Å². The Morgan fingerprint density at radius 2 is 2.05 bits per heavy atom. The number of carbonyl (C=O) groups is 1. The zero-order valence-electron chi connectivity index (χ0n) is 12.2. The van der Waals surface area contributed by atoms with E-state index < -0.39 is 0 Å². The summed E-state index contributed by atoms with van der Waals surface area (Å²) in [6.45, 7) is 2.79. The fourth-order valence-corrected chi connectivity index (χ4v) is 2.14. The minimum atomic E-state index is -0.0327. The van der Waals surface area contributed by atoms with Crippen LogP contribution in [0.4, 0.5) is 0 Å². The van der Waals surface area contributed by atoms with Crippen molar-refractivity contribution in [1.82, 2.24) is 10.2 Å². The van der Waals surface area contributed by atoms with Crippen LogP contribution in [0.25, 0.3) is 0 Å². The highest BCUT2D eigenvalue weighted by atomic mass is 35.5. The largest absolute Gasteiger partial charge is 0.467 e. The Hall–Kier alpha value is -1.78. The van der Waals surface area contributed by atoms with Crippen LogP contribution in [0.5, 0.6) is 0 Å². The maximum absolute atomic E-state index is 11.9. The van der Waals surface area contributed by atoms with Crippen molar-refractivity contribution >= 4 is 17.5 Å². The third kappa shape index (κ3) is 4.62. The van der Waals surface area contributed by atoms with Gasteiger partial charge in [0.1, 0.15) is 5.76 Å². The number of carbonyl (C=O) groups excluding carboxylic acids is 1. The summed E-state index contributed by atoms with van der Waals surface area (Å²) in [5.74, 6) is 0.714. The average molecular weight is 307 g/mol. The molecule has 1 atom stereocenters. The molecule has 0 aliphatic carbocycles. The predicted molar refractivity (Wildman–Crippen MR) is 83.1 cm³/mol. The molecule has 0 spiro atoms. The van der Waals surface area contributed by atoms with E-state index in [-0.39, 0.29) is 11.9 Å². The van der Waals surface area contributed by atoms with Crippen molar-refractivity contribution in [3.8, 4) is 0 Å². The van der Waals surface area contributed by atoms with Crippen LogP contribution in [-0.4, -0.2) is 24.4 Å². The molecule has 1 aromatic heterocycles. The molecule has 1 heterocycles. The normalized spacial score (nSPS) is 12.4. The summed E-state index contributed by atoms with van der Waals surface area (Å²) in [6.07, 6.45) is 1.59. The highest BCUT2D eigenvalue weighted by Crippen LogP contribution is 2.20. The molecule has 0 aliphatic heterocycles. The first-order chi connectivity index (χ1) is 10.1. The van der Waals surface area contributed by atoms with Crippen LogP contribution >= 0.6 is 11.6 Å². The standard InChI is InChI=1S/C16H19ClN2O2/c1-12(13-5-7-14(17)8-6-13)19(2)11-16(20)18-10-15-4-3-9-21-15/h3-9,12H,10-11H2,1-2H3,(H,18,20). The van der Waals surface area contributed by atoms with E-state index in [0.717, 1.165) is 11.3 Å². The molecule has 4 nitrogen and oxygen atoms in total. The van der Waals surface area contributed by atoms with Crippen LogP contribution < -0.4 is 5.32 Å². The molecule has 0 radical (unpaired) electrons. The van der Waals surface area contributed by atoms with Crippen LogP contribution in [0.1, 0.15) is 24.3 Å². The molecule has 1 N–H and O–H groups in total. The molecule has 21 heavy (non-hydrogen) atoms. The summed E-state index contributed by atoms with van der Waals surface area (Å²) >= 11 is 5.88. The van der Waals surface area contributed by atoms with Gasteiger partial charge in [0.2, 0.25) is 5.91 Å². The fourth-order valence-electron chi connectivity index (χ4n) is 2.01. The van der Waals surface area contributed by atoms with Crippen LogP contribution in [0, 0.1) is 0 Å². The second-order valence-corrected chi connectivity index (χ2v) is 5.44. The lowest BCUT2D eigenvalue weighted by molar-refractivity contribution is -0.122. The van der Waals surface area contributed by atoms with Crippen molar-refractivity contribution in [2.24, 2.45) is 0 Å². The molecule has 0 aliphatic rings. The lowest BCUT2D eigenvalue weighted by Crippen LogP contribution is -2.36. The number of amides is 1. The molecule has 0 fully saturated rings. The van der Waals surface area contributed by atoms with Gasteiger partial charge in [-0.1, -0.05) is 23.7 Å². The van der Waals surface area contributed by atoms with Gasteiger partial charge in [0.05, 0.1) is 19.4 Å². The van der Waals surface area contributed by atoms with E-state index in [0.29, 0.717) is 18.1 Å². The molecule has 0 bridgehead atoms. The SMILES string of the molecule is CC(c1ccc(Cl)cc1)N(C)CC(=O)NCc1ccco1. The Morgan fingerprint density at radius 3 is 2.67 bits per heavy atom. The number of hydrogen-bond acceptors (Lipinski definition) is 3. The summed E-state index contributed by atoms with van der Waals surface area (Å²) < 4.78 is 5.18. The van der Waals surface area contributed by atoms with Gasteiger partial charge in [-0.15, -0.1) is 0 Å². The van der Waals surface area contributed by atoms with E-state index >= 15 is 0 Å².